The van der Waals surface area contributed by atoms with Crippen LogP contribution in [0.25, 0.3) is 21.5 Å². The first-order chi connectivity index (χ1) is 8.61. The van der Waals surface area contributed by atoms with Gasteiger partial charge in [0.05, 0.1) is 0 Å². The van der Waals surface area contributed by atoms with Crippen LogP contribution in [0, 0.1) is 0 Å². The molecule has 0 bridgehead atoms. The maximum atomic E-state index is 9.94. The van der Waals surface area contributed by atoms with Gasteiger partial charge in [-0.25, -0.2) is 0 Å². The Morgan fingerprint density at radius 2 is 1.22 bits per heavy atom. The van der Waals surface area contributed by atoms with Crippen LogP contribution in [-0.2, 0) is 0 Å². The number of hydrogen-bond donors (Lipinski definition) is 4. The summed E-state index contributed by atoms with van der Waals surface area (Å²) in [6.07, 6.45) is 0. The molecule has 0 spiro atoms. The summed E-state index contributed by atoms with van der Waals surface area (Å²) in [5.41, 5.74) is 0. The standard InChI is InChI=1S/C14H10O4/c15-11-9-6-5-7-3-1-2-4-8(7)10(9)12(16)14(18)13(11)17/h1-6,15-18H. The van der Waals surface area contributed by atoms with E-state index in [9.17, 15) is 20.4 Å². The molecule has 18 heavy (non-hydrogen) atoms. The Hall–Kier alpha value is -2.62. The van der Waals surface area contributed by atoms with E-state index in [0.29, 0.717) is 16.2 Å². The third-order valence-corrected chi connectivity index (χ3v) is 3.09. The van der Waals surface area contributed by atoms with E-state index < -0.39 is 23.0 Å². The van der Waals surface area contributed by atoms with Gasteiger partial charge in [-0.15, -0.1) is 0 Å². The van der Waals surface area contributed by atoms with E-state index >= 15 is 0 Å². The van der Waals surface area contributed by atoms with Crippen LogP contribution in [0.3, 0.4) is 0 Å². The summed E-state index contributed by atoms with van der Waals surface area (Å²) < 4.78 is 0. The van der Waals surface area contributed by atoms with E-state index in [0.717, 1.165) is 5.39 Å². The first-order valence-corrected chi connectivity index (χ1v) is 5.38. The van der Waals surface area contributed by atoms with E-state index in [1.807, 2.05) is 12.1 Å². The molecule has 0 aliphatic carbocycles. The van der Waals surface area contributed by atoms with Crippen molar-refractivity contribution in [3.63, 3.8) is 0 Å². The van der Waals surface area contributed by atoms with E-state index in [1.165, 1.54) is 0 Å². The van der Waals surface area contributed by atoms with Crippen LogP contribution in [0.1, 0.15) is 0 Å². The third kappa shape index (κ3) is 1.20. The molecule has 4 N–H and O–H groups in total. The molecule has 3 aromatic carbocycles. The van der Waals surface area contributed by atoms with Crippen LogP contribution in [0.15, 0.2) is 36.4 Å². The summed E-state index contributed by atoms with van der Waals surface area (Å²) in [7, 11) is 0. The largest absolute Gasteiger partial charge is 0.504 e. The van der Waals surface area contributed by atoms with Crippen molar-refractivity contribution in [3.05, 3.63) is 36.4 Å². The molecule has 0 saturated heterocycles. The van der Waals surface area contributed by atoms with Gasteiger partial charge in [0, 0.05) is 10.8 Å². The Kier molecular flexibility index (Phi) is 2.01. The van der Waals surface area contributed by atoms with Gasteiger partial charge >= 0.3 is 0 Å². The Bertz CT molecular complexity index is 778. The van der Waals surface area contributed by atoms with Gasteiger partial charge in [-0.2, -0.15) is 0 Å². The first kappa shape index (κ1) is 10.5. The van der Waals surface area contributed by atoms with Gasteiger partial charge in [0.25, 0.3) is 0 Å². The number of aromatic hydroxyl groups is 4. The molecule has 0 radical (unpaired) electrons. The Morgan fingerprint density at radius 3 is 2.00 bits per heavy atom. The van der Waals surface area contributed by atoms with Crippen LogP contribution in [0.4, 0.5) is 0 Å². The number of rotatable bonds is 0. The predicted molar refractivity (Wildman–Crippen MR) is 68.1 cm³/mol. The average Bonchev–Trinajstić information content (AvgIpc) is 2.41. The molecule has 0 aliphatic heterocycles. The molecule has 0 aromatic heterocycles. The maximum absolute atomic E-state index is 9.94. The quantitative estimate of drug-likeness (QED) is 0.277. The second-order valence-electron chi connectivity index (χ2n) is 4.10. The monoisotopic (exact) mass is 242 g/mol. The molecular formula is C14H10O4. The Balaban J connectivity index is 2.66. The molecule has 0 heterocycles. The fraction of sp³-hybridized carbons (Fsp3) is 0. The summed E-state index contributed by atoms with van der Waals surface area (Å²) in [6.45, 7) is 0. The van der Waals surface area contributed by atoms with Crippen molar-refractivity contribution < 1.29 is 20.4 Å². The SMILES string of the molecule is Oc1c(O)c(O)c2c(ccc3ccccc32)c1O. The van der Waals surface area contributed by atoms with Gasteiger partial charge in [0.2, 0.25) is 11.5 Å². The summed E-state index contributed by atoms with van der Waals surface area (Å²) in [6, 6.07) is 10.6. The first-order valence-electron chi connectivity index (χ1n) is 5.38. The lowest BCUT2D eigenvalue weighted by molar-refractivity contribution is 0.351. The second kappa shape index (κ2) is 3.43. The zero-order valence-corrected chi connectivity index (χ0v) is 9.25. The zero-order valence-electron chi connectivity index (χ0n) is 9.25. The number of fused-ring (bicyclic) bond motifs is 3. The van der Waals surface area contributed by atoms with Crippen LogP contribution in [-0.4, -0.2) is 20.4 Å². The van der Waals surface area contributed by atoms with Gasteiger partial charge in [-0.05, 0) is 16.8 Å². The van der Waals surface area contributed by atoms with Crippen LogP contribution >= 0.6 is 0 Å². The summed E-state index contributed by atoms with van der Waals surface area (Å²) in [5, 5.41) is 41.0. The van der Waals surface area contributed by atoms with Crippen LogP contribution in [0.5, 0.6) is 23.0 Å². The summed E-state index contributed by atoms with van der Waals surface area (Å²) in [4.78, 5) is 0. The van der Waals surface area contributed by atoms with Crippen molar-refractivity contribution in [2.45, 2.75) is 0 Å². The molecule has 0 saturated carbocycles. The van der Waals surface area contributed by atoms with E-state index in [4.69, 9.17) is 0 Å². The summed E-state index contributed by atoms with van der Waals surface area (Å²) in [5.74, 6) is -2.30. The van der Waals surface area contributed by atoms with Crippen LogP contribution in [0.2, 0.25) is 0 Å². The minimum absolute atomic E-state index is 0.293. The molecule has 3 aromatic rings. The number of phenols is 4. The van der Waals surface area contributed by atoms with Gasteiger partial charge in [-0.1, -0.05) is 30.3 Å². The fourth-order valence-corrected chi connectivity index (χ4v) is 2.19. The highest BCUT2D eigenvalue weighted by molar-refractivity contribution is 6.14. The van der Waals surface area contributed by atoms with Crippen molar-refractivity contribution in [3.8, 4) is 23.0 Å². The molecule has 0 aliphatic rings. The molecule has 90 valence electrons. The minimum Gasteiger partial charge on any atom is -0.504 e. The minimum atomic E-state index is -0.713. The molecule has 0 fully saturated rings. The van der Waals surface area contributed by atoms with E-state index in [2.05, 4.69) is 0 Å². The molecule has 0 unspecified atom stereocenters. The Morgan fingerprint density at radius 1 is 0.556 bits per heavy atom. The van der Waals surface area contributed by atoms with Gasteiger partial charge in [0.1, 0.15) is 0 Å². The number of benzene rings is 3. The van der Waals surface area contributed by atoms with Crippen LogP contribution < -0.4 is 0 Å². The van der Waals surface area contributed by atoms with Gasteiger partial charge < -0.3 is 20.4 Å². The predicted octanol–water partition coefficient (Wildman–Crippen LogP) is 2.82. The number of phenolic OH excluding ortho intramolecular Hbond substituents is 4. The average molecular weight is 242 g/mol. The highest BCUT2D eigenvalue weighted by Crippen LogP contribution is 2.50. The zero-order chi connectivity index (χ0) is 12.9. The third-order valence-electron chi connectivity index (χ3n) is 3.09. The van der Waals surface area contributed by atoms with E-state index in [-0.39, 0.29) is 0 Å². The molecular weight excluding hydrogens is 232 g/mol. The maximum Gasteiger partial charge on any atom is 0.204 e. The van der Waals surface area contributed by atoms with Crippen molar-refractivity contribution in [1.29, 1.82) is 0 Å². The van der Waals surface area contributed by atoms with Gasteiger partial charge in [-0.3, -0.25) is 0 Å². The fourth-order valence-electron chi connectivity index (χ4n) is 2.19. The van der Waals surface area contributed by atoms with Crippen molar-refractivity contribution in [1.82, 2.24) is 0 Å². The highest BCUT2D eigenvalue weighted by atomic mass is 16.3. The number of hydrogen-bond acceptors (Lipinski definition) is 4. The smallest absolute Gasteiger partial charge is 0.204 e. The molecule has 4 heteroatoms. The Labute approximate surface area is 102 Å². The second-order valence-corrected chi connectivity index (χ2v) is 4.10. The molecule has 3 rings (SSSR count). The normalized spacial score (nSPS) is 11.1. The lowest BCUT2D eigenvalue weighted by Gasteiger charge is -2.11. The topological polar surface area (TPSA) is 80.9 Å². The summed E-state index contributed by atoms with van der Waals surface area (Å²) >= 11 is 0. The molecule has 0 atom stereocenters. The molecule has 4 nitrogen and oxygen atoms in total. The highest BCUT2D eigenvalue weighted by Gasteiger charge is 2.19. The van der Waals surface area contributed by atoms with Crippen molar-refractivity contribution >= 4 is 21.5 Å². The lowest BCUT2D eigenvalue weighted by atomic mass is 9.99. The van der Waals surface area contributed by atoms with E-state index in [1.54, 1.807) is 24.3 Å². The van der Waals surface area contributed by atoms with Crippen molar-refractivity contribution in [2.75, 3.05) is 0 Å². The van der Waals surface area contributed by atoms with Gasteiger partial charge in [0.15, 0.2) is 11.5 Å². The lowest BCUT2D eigenvalue weighted by Crippen LogP contribution is -1.82. The van der Waals surface area contributed by atoms with Crippen molar-refractivity contribution in [2.24, 2.45) is 0 Å². The molecule has 0 amide bonds.